The van der Waals surface area contributed by atoms with Crippen molar-refractivity contribution in [2.45, 2.75) is 25.1 Å². The minimum Gasteiger partial charge on any atom is -0.480 e. The highest BCUT2D eigenvalue weighted by atomic mass is 19.4. The summed E-state index contributed by atoms with van der Waals surface area (Å²) in [5, 5.41) is 9.86. The lowest BCUT2D eigenvalue weighted by molar-refractivity contribution is -0.175. The fraction of sp³-hybridized carbons (Fsp3) is 0.714. The van der Waals surface area contributed by atoms with Crippen LogP contribution in [0.3, 0.4) is 0 Å². The maximum Gasteiger partial charge on any atom is 0.471 e. The molecule has 8 heteroatoms. The lowest BCUT2D eigenvalue weighted by atomic mass is 10.1. The molecule has 0 fully saturated rings. The molecule has 0 aliphatic carbocycles. The molecule has 0 rings (SSSR count). The van der Waals surface area contributed by atoms with Gasteiger partial charge in [-0.25, -0.2) is 4.79 Å². The average molecular weight is 228 g/mol. The van der Waals surface area contributed by atoms with E-state index in [1.807, 2.05) is 0 Å². The predicted octanol–water partition coefficient (Wildman–Crippen LogP) is -0.143. The molecular weight excluding hydrogens is 217 g/mol. The van der Waals surface area contributed by atoms with Gasteiger partial charge in [-0.15, -0.1) is 0 Å². The number of alkyl halides is 3. The average Bonchev–Trinajstić information content (AvgIpc) is 2.09. The Kier molecular flexibility index (Phi) is 5.06. The summed E-state index contributed by atoms with van der Waals surface area (Å²) < 4.78 is 35.3. The lowest BCUT2D eigenvalue weighted by Crippen LogP contribution is -2.46. The summed E-state index contributed by atoms with van der Waals surface area (Å²) in [6.07, 6.45) is -4.99. The topological polar surface area (TPSA) is 92.4 Å². The monoisotopic (exact) mass is 228 g/mol. The summed E-state index contributed by atoms with van der Waals surface area (Å²) in [6, 6.07) is -1.55. The van der Waals surface area contributed by atoms with Gasteiger partial charge in [-0.3, -0.25) is 4.79 Å². The molecule has 1 unspecified atom stereocenters. The first kappa shape index (κ1) is 13.7. The molecule has 0 aromatic rings. The van der Waals surface area contributed by atoms with Gasteiger partial charge in [-0.2, -0.15) is 13.2 Å². The Balaban J connectivity index is 4.29. The minimum absolute atomic E-state index is 0.131. The molecule has 0 radical (unpaired) electrons. The number of nitrogens with two attached hydrogens (primary N) is 1. The standard InChI is InChI=1S/C7H11F3N2O3/c8-7(9,10)6(15)12-4(5(13)14)2-1-3-11/h4H,1-3,11H2,(H,12,15)(H,13,14). The summed E-state index contributed by atoms with van der Waals surface area (Å²) in [5.41, 5.74) is 5.07. The first-order valence-corrected chi connectivity index (χ1v) is 4.09. The molecule has 0 spiro atoms. The molecule has 5 nitrogen and oxygen atoms in total. The third kappa shape index (κ3) is 5.21. The molecule has 4 N–H and O–H groups in total. The number of carbonyl (C=O) groups is 2. The number of rotatable bonds is 5. The first-order valence-electron chi connectivity index (χ1n) is 4.09. The fourth-order valence-corrected chi connectivity index (χ4v) is 0.819. The van der Waals surface area contributed by atoms with Crippen LogP contribution in [0.15, 0.2) is 0 Å². The molecule has 0 aliphatic heterocycles. The van der Waals surface area contributed by atoms with E-state index in [9.17, 15) is 22.8 Å². The van der Waals surface area contributed by atoms with Crippen LogP contribution >= 0.6 is 0 Å². The van der Waals surface area contributed by atoms with Gasteiger partial charge >= 0.3 is 18.1 Å². The predicted molar refractivity (Wildman–Crippen MR) is 43.9 cm³/mol. The summed E-state index contributed by atoms with van der Waals surface area (Å²) >= 11 is 0. The maximum atomic E-state index is 11.8. The van der Waals surface area contributed by atoms with Gasteiger partial charge in [0.1, 0.15) is 6.04 Å². The van der Waals surface area contributed by atoms with Crippen LogP contribution in [0.4, 0.5) is 13.2 Å². The van der Waals surface area contributed by atoms with Gasteiger partial charge in [-0.1, -0.05) is 0 Å². The Morgan fingerprint density at radius 1 is 1.40 bits per heavy atom. The van der Waals surface area contributed by atoms with Crippen molar-refractivity contribution in [2.75, 3.05) is 6.54 Å². The third-order valence-corrected chi connectivity index (χ3v) is 1.56. The van der Waals surface area contributed by atoms with Gasteiger partial charge in [0.05, 0.1) is 0 Å². The highest BCUT2D eigenvalue weighted by Crippen LogP contribution is 2.15. The summed E-state index contributed by atoms with van der Waals surface area (Å²) in [7, 11) is 0. The second-order valence-corrected chi connectivity index (χ2v) is 2.79. The van der Waals surface area contributed by atoms with Crippen LogP contribution in [0.5, 0.6) is 0 Å². The smallest absolute Gasteiger partial charge is 0.471 e. The Morgan fingerprint density at radius 2 is 1.93 bits per heavy atom. The van der Waals surface area contributed by atoms with Crippen molar-refractivity contribution in [1.29, 1.82) is 0 Å². The Hall–Kier alpha value is -1.31. The van der Waals surface area contributed by atoms with Crippen molar-refractivity contribution in [3.63, 3.8) is 0 Å². The number of halogens is 3. The number of carbonyl (C=O) groups excluding carboxylic acids is 1. The maximum absolute atomic E-state index is 11.8. The van der Waals surface area contributed by atoms with Crippen LogP contribution in [0.1, 0.15) is 12.8 Å². The first-order chi connectivity index (χ1) is 6.79. The van der Waals surface area contributed by atoms with Gasteiger partial charge < -0.3 is 16.2 Å². The third-order valence-electron chi connectivity index (χ3n) is 1.56. The van der Waals surface area contributed by atoms with E-state index >= 15 is 0 Å². The zero-order valence-corrected chi connectivity index (χ0v) is 7.67. The normalized spacial score (nSPS) is 13.3. The van der Waals surface area contributed by atoms with E-state index in [0.717, 1.165) is 0 Å². The number of hydrogen-bond donors (Lipinski definition) is 3. The highest BCUT2D eigenvalue weighted by molar-refractivity contribution is 5.86. The molecular formula is C7H11F3N2O3. The molecule has 0 saturated heterocycles. The SMILES string of the molecule is NCCCC(NC(=O)C(F)(F)F)C(=O)O. The van der Waals surface area contributed by atoms with E-state index in [4.69, 9.17) is 10.8 Å². The van der Waals surface area contributed by atoms with Crippen LogP contribution in [-0.2, 0) is 9.59 Å². The van der Waals surface area contributed by atoms with Crippen molar-refractivity contribution in [2.24, 2.45) is 5.73 Å². The molecule has 0 aromatic carbocycles. The minimum atomic E-state index is -5.07. The quantitative estimate of drug-likeness (QED) is 0.610. The molecule has 1 atom stereocenters. The van der Waals surface area contributed by atoms with E-state index in [-0.39, 0.29) is 19.4 Å². The van der Waals surface area contributed by atoms with E-state index in [2.05, 4.69) is 0 Å². The van der Waals surface area contributed by atoms with Gasteiger partial charge in [0, 0.05) is 0 Å². The molecule has 1 amide bonds. The van der Waals surface area contributed by atoms with Crippen molar-refractivity contribution >= 4 is 11.9 Å². The largest absolute Gasteiger partial charge is 0.480 e. The van der Waals surface area contributed by atoms with E-state index in [1.165, 1.54) is 5.32 Å². The molecule has 15 heavy (non-hydrogen) atoms. The van der Waals surface area contributed by atoms with Gasteiger partial charge in [-0.05, 0) is 19.4 Å². The van der Waals surface area contributed by atoms with E-state index < -0.39 is 24.1 Å². The second kappa shape index (κ2) is 5.54. The zero-order chi connectivity index (χ0) is 12.1. The van der Waals surface area contributed by atoms with Crippen LogP contribution < -0.4 is 11.1 Å². The second-order valence-electron chi connectivity index (χ2n) is 2.79. The molecule has 88 valence electrons. The van der Waals surface area contributed by atoms with Crippen molar-refractivity contribution < 1.29 is 27.9 Å². The van der Waals surface area contributed by atoms with Crippen LogP contribution in [0.25, 0.3) is 0 Å². The van der Waals surface area contributed by atoms with Gasteiger partial charge in [0.25, 0.3) is 0 Å². The van der Waals surface area contributed by atoms with Gasteiger partial charge in [0.15, 0.2) is 0 Å². The lowest BCUT2D eigenvalue weighted by Gasteiger charge is -2.14. The van der Waals surface area contributed by atoms with Crippen LogP contribution in [0.2, 0.25) is 0 Å². The molecule has 0 aromatic heterocycles. The highest BCUT2D eigenvalue weighted by Gasteiger charge is 2.40. The number of amides is 1. The Bertz CT molecular complexity index is 242. The summed E-state index contributed by atoms with van der Waals surface area (Å²) in [5.74, 6) is -3.77. The molecule has 0 heterocycles. The van der Waals surface area contributed by atoms with Crippen LogP contribution in [0, 0.1) is 0 Å². The fourth-order valence-electron chi connectivity index (χ4n) is 0.819. The summed E-state index contributed by atoms with van der Waals surface area (Å²) in [6.45, 7) is 0.145. The number of hydrogen-bond acceptors (Lipinski definition) is 3. The number of aliphatic carboxylic acids is 1. The van der Waals surface area contributed by atoms with Crippen molar-refractivity contribution in [3.8, 4) is 0 Å². The van der Waals surface area contributed by atoms with Crippen molar-refractivity contribution in [1.82, 2.24) is 5.32 Å². The van der Waals surface area contributed by atoms with Crippen LogP contribution in [-0.4, -0.2) is 35.7 Å². The number of carboxylic acid groups (broad SMARTS) is 1. The number of nitrogens with one attached hydrogen (secondary N) is 1. The molecule has 0 saturated carbocycles. The summed E-state index contributed by atoms with van der Waals surface area (Å²) in [4.78, 5) is 20.9. The Labute approximate surface area is 83.4 Å². The Morgan fingerprint density at radius 3 is 2.27 bits per heavy atom. The zero-order valence-electron chi connectivity index (χ0n) is 7.67. The molecule has 0 bridgehead atoms. The number of carboxylic acids is 1. The van der Waals surface area contributed by atoms with E-state index in [0.29, 0.717) is 0 Å². The van der Waals surface area contributed by atoms with Crippen molar-refractivity contribution in [3.05, 3.63) is 0 Å². The van der Waals surface area contributed by atoms with E-state index in [1.54, 1.807) is 0 Å². The van der Waals surface area contributed by atoms with Gasteiger partial charge in [0.2, 0.25) is 0 Å². The molecule has 0 aliphatic rings.